The van der Waals surface area contributed by atoms with E-state index < -0.39 is 17.4 Å². The van der Waals surface area contributed by atoms with Crippen LogP contribution in [0.4, 0.5) is 0 Å². The lowest BCUT2D eigenvalue weighted by atomic mass is 9.90. The monoisotopic (exact) mass is 291 g/mol. The Morgan fingerprint density at radius 2 is 2.10 bits per heavy atom. The Morgan fingerprint density at radius 1 is 1.38 bits per heavy atom. The van der Waals surface area contributed by atoms with E-state index in [4.69, 9.17) is 0 Å². The minimum atomic E-state index is -1.14. The SMILES string of the molecule is CCCC1(C(=O)O)CCCN1C(=O)c1cc(C)ccc1O. The summed E-state index contributed by atoms with van der Waals surface area (Å²) in [4.78, 5) is 25.9. The fourth-order valence-corrected chi connectivity index (χ4v) is 3.14. The van der Waals surface area contributed by atoms with E-state index in [9.17, 15) is 19.8 Å². The molecule has 1 aromatic carbocycles. The first-order valence-corrected chi connectivity index (χ1v) is 7.27. The van der Waals surface area contributed by atoms with Crippen LogP contribution >= 0.6 is 0 Å². The van der Waals surface area contributed by atoms with Crippen molar-refractivity contribution in [2.24, 2.45) is 0 Å². The van der Waals surface area contributed by atoms with Gasteiger partial charge in [0.25, 0.3) is 5.91 Å². The molecule has 21 heavy (non-hydrogen) atoms. The lowest BCUT2D eigenvalue weighted by molar-refractivity contribution is -0.148. The predicted octanol–water partition coefficient (Wildman–Crippen LogP) is 2.56. The number of phenols is 1. The van der Waals surface area contributed by atoms with E-state index >= 15 is 0 Å². The Bertz CT molecular complexity index is 569. The number of hydrogen-bond donors (Lipinski definition) is 2. The fraction of sp³-hybridized carbons (Fsp3) is 0.500. The number of rotatable bonds is 4. The van der Waals surface area contributed by atoms with Crippen LogP contribution in [0.3, 0.4) is 0 Å². The van der Waals surface area contributed by atoms with Gasteiger partial charge >= 0.3 is 5.97 Å². The zero-order valence-corrected chi connectivity index (χ0v) is 12.4. The summed E-state index contributed by atoms with van der Waals surface area (Å²) in [5.74, 6) is -1.46. The molecule has 5 nitrogen and oxygen atoms in total. The minimum Gasteiger partial charge on any atom is -0.507 e. The number of aliphatic carboxylic acids is 1. The summed E-state index contributed by atoms with van der Waals surface area (Å²) in [7, 11) is 0. The Balaban J connectivity index is 2.41. The highest BCUT2D eigenvalue weighted by Crippen LogP contribution is 2.36. The van der Waals surface area contributed by atoms with Crippen molar-refractivity contribution >= 4 is 11.9 Å². The Labute approximate surface area is 124 Å². The first-order valence-electron chi connectivity index (χ1n) is 7.27. The van der Waals surface area contributed by atoms with Crippen LogP contribution in [0, 0.1) is 6.92 Å². The summed E-state index contributed by atoms with van der Waals surface area (Å²) < 4.78 is 0. The molecule has 0 saturated carbocycles. The number of carbonyl (C=O) groups is 2. The van der Waals surface area contributed by atoms with Gasteiger partial charge in [0, 0.05) is 6.54 Å². The molecule has 1 amide bonds. The fourth-order valence-electron chi connectivity index (χ4n) is 3.14. The van der Waals surface area contributed by atoms with Crippen molar-refractivity contribution in [1.82, 2.24) is 4.90 Å². The number of amides is 1. The van der Waals surface area contributed by atoms with Crippen LogP contribution in [0.2, 0.25) is 0 Å². The molecular formula is C16H21NO4. The van der Waals surface area contributed by atoms with Gasteiger partial charge in [0.15, 0.2) is 0 Å². The van der Waals surface area contributed by atoms with Crippen LogP contribution in [0.5, 0.6) is 5.75 Å². The maximum atomic E-state index is 12.7. The van der Waals surface area contributed by atoms with Crippen LogP contribution in [0.15, 0.2) is 18.2 Å². The standard InChI is InChI=1S/C16H21NO4/c1-3-7-16(15(20)21)8-4-9-17(16)14(19)12-10-11(2)5-6-13(12)18/h5-6,10,18H,3-4,7-9H2,1-2H3,(H,20,21). The van der Waals surface area contributed by atoms with Gasteiger partial charge in [-0.25, -0.2) is 4.79 Å². The third-order valence-electron chi connectivity index (χ3n) is 4.18. The molecule has 1 atom stereocenters. The minimum absolute atomic E-state index is 0.103. The highest BCUT2D eigenvalue weighted by Gasteiger charge is 2.49. The molecular weight excluding hydrogens is 270 g/mol. The van der Waals surface area contributed by atoms with Crippen molar-refractivity contribution in [3.8, 4) is 5.75 Å². The van der Waals surface area contributed by atoms with Gasteiger partial charge in [0.1, 0.15) is 11.3 Å². The number of aryl methyl sites for hydroxylation is 1. The van der Waals surface area contributed by atoms with Gasteiger partial charge in [0.2, 0.25) is 0 Å². The maximum absolute atomic E-state index is 12.7. The first-order chi connectivity index (χ1) is 9.92. The Morgan fingerprint density at radius 3 is 2.71 bits per heavy atom. The van der Waals surface area contributed by atoms with E-state index in [0.29, 0.717) is 32.2 Å². The largest absolute Gasteiger partial charge is 0.507 e. The van der Waals surface area contributed by atoms with Crippen LogP contribution in [-0.2, 0) is 4.79 Å². The molecule has 1 aromatic rings. The van der Waals surface area contributed by atoms with Crippen LogP contribution < -0.4 is 0 Å². The van der Waals surface area contributed by atoms with Gasteiger partial charge in [-0.2, -0.15) is 0 Å². The van der Waals surface area contributed by atoms with Gasteiger partial charge < -0.3 is 15.1 Å². The molecule has 1 fully saturated rings. The molecule has 0 aromatic heterocycles. The Hall–Kier alpha value is -2.04. The van der Waals surface area contributed by atoms with E-state index in [0.717, 1.165) is 5.56 Å². The number of carboxylic acids is 1. The molecule has 2 rings (SSSR count). The number of carbonyl (C=O) groups excluding carboxylic acids is 1. The average Bonchev–Trinajstić information content (AvgIpc) is 2.86. The normalized spacial score (nSPS) is 21.5. The molecule has 1 unspecified atom stereocenters. The van der Waals surface area contributed by atoms with Crippen molar-refractivity contribution in [1.29, 1.82) is 0 Å². The quantitative estimate of drug-likeness (QED) is 0.893. The lowest BCUT2D eigenvalue weighted by Crippen LogP contribution is -2.53. The van der Waals surface area contributed by atoms with Gasteiger partial charge in [-0.05, 0) is 38.3 Å². The summed E-state index contributed by atoms with van der Waals surface area (Å²) in [6, 6.07) is 4.79. The third kappa shape index (κ3) is 2.60. The predicted molar refractivity (Wildman–Crippen MR) is 78.4 cm³/mol. The molecule has 0 spiro atoms. The Kier molecular flexibility index (Phi) is 4.21. The topological polar surface area (TPSA) is 77.8 Å². The second kappa shape index (κ2) is 5.76. The van der Waals surface area contributed by atoms with Crippen molar-refractivity contribution < 1.29 is 19.8 Å². The lowest BCUT2D eigenvalue weighted by Gasteiger charge is -2.34. The number of hydrogen-bond acceptors (Lipinski definition) is 3. The summed E-state index contributed by atoms with van der Waals surface area (Å²) in [6.45, 7) is 4.16. The van der Waals surface area contributed by atoms with Crippen molar-refractivity contribution in [3.63, 3.8) is 0 Å². The molecule has 5 heteroatoms. The van der Waals surface area contributed by atoms with Gasteiger partial charge in [-0.3, -0.25) is 4.79 Å². The molecule has 0 aliphatic carbocycles. The molecule has 2 N–H and O–H groups in total. The van der Waals surface area contributed by atoms with Crippen molar-refractivity contribution in [2.45, 2.75) is 45.1 Å². The molecule has 1 heterocycles. The van der Waals surface area contributed by atoms with Crippen molar-refractivity contribution in [3.05, 3.63) is 29.3 Å². The molecule has 1 aliphatic rings. The smallest absolute Gasteiger partial charge is 0.329 e. The number of aromatic hydroxyl groups is 1. The zero-order valence-electron chi connectivity index (χ0n) is 12.4. The van der Waals surface area contributed by atoms with Gasteiger partial charge in [-0.1, -0.05) is 25.0 Å². The van der Waals surface area contributed by atoms with E-state index in [2.05, 4.69) is 0 Å². The van der Waals surface area contributed by atoms with Crippen LogP contribution in [-0.4, -0.2) is 39.1 Å². The summed E-state index contributed by atoms with van der Waals surface area (Å²) in [5, 5.41) is 19.5. The average molecular weight is 291 g/mol. The highest BCUT2D eigenvalue weighted by molar-refractivity contribution is 6.00. The molecule has 0 radical (unpaired) electrons. The third-order valence-corrected chi connectivity index (χ3v) is 4.18. The van der Waals surface area contributed by atoms with Crippen LogP contribution in [0.25, 0.3) is 0 Å². The zero-order chi connectivity index (χ0) is 15.6. The summed E-state index contributed by atoms with van der Waals surface area (Å²) in [6.07, 6.45) is 2.26. The molecule has 114 valence electrons. The van der Waals surface area contributed by atoms with Crippen LogP contribution in [0.1, 0.15) is 48.5 Å². The molecule has 1 aliphatic heterocycles. The first kappa shape index (κ1) is 15.4. The second-order valence-corrected chi connectivity index (χ2v) is 5.67. The van der Waals surface area contributed by atoms with E-state index in [-0.39, 0.29) is 11.3 Å². The van der Waals surface area contributed by atoms with Crippen molar-refractivity contribution in [2.75, 3.05) is 6.54 Å². The molecule has 0 bridgehead atoms. The number of benzene rings is 1. The summed E-state index contributed by atoms with van der Waals surface area (Å²) >= 11 is 0. The highest BCUT2D eigenvalue weighted by atomic mass is 16.4. The number of phenolic OH excluding ortho intramolecular Hbond substituents is 1. The number of likely N-dealkylation sites (tertiary alicyclic amines) is 1. The molecule has 1 saturated heterocycles. The number of carboxylic acid groups (broad SMARTS) is 1. The van der Waals surface area contributed by atoms with Gasteiger partial charge in [0.05, 0.1) is 5.56 Å². The summed E-state index contributed by atoms with van der Waals surface area (Å²) in [5.41, 5.74) is -0.104. The second-order valence-electron chi connectivity index (χ2n) is 5.67. The number of nitrogens with zero attached hydrogens (tertiary/aromatic N) is 1. The van der Waals surface area contributed by atoms with Gasteiger partial charge in [-0.15, -0.1) is 0 Å². The van der Waals surface area contributed by atoms with E-state index in [1.54, 1.807) is 12.1 Å². The maximum Gasteiger partial charge on any atom is 0.329 e. The van der Waals surface area contributed by atoms with E-state index in [1.807, 2.05) is 13.8 Å². The van der Waals surface area contributed by atoms with E-state index in [1.165, 1.54) is 11.0 Å².